The van der Waals surface area contributed by atoms with E-state index in [0.717, 1.165) is 12.3 Å². The molecule has 0 aromatic carbocycles. The number of carbonyl (C=O) groups is 2. The van der Waals surface area contributed by atoms with E-state index < -0.39 is 93.2 Å². The number of nitrogens with one attached hydrogen (secondary N) is 1. The standard InChI is InChI=1S/C21H31FN5O12P/c1-12(2)17(30)34-10-37-40(33,38-11-35-18(31)20(3,4)5)36-9-21(8-24-26-23)15(29)14(22)16(39-21)27-7-6-13(28)25-19(27)32/h6-7,12,14-16,29H,8-11H2,1-5H3,(H,25,28,32)/t14-,15+,16-,21-,40?/m1/s1. The minimum absolute atomic E-state index is 0.568. The Morgan fingerprint density at radius 3 is 2.45 bits per heavy atom. The lowest BCUT2D eigenvalue weighted by Gasteiger charge is -2.31. The van der Waals surface area contributed by atoms with E-state index in [1.807, 2.05) is 4.98 Å². The van der Waals surface area contributed by atoms with Crippen molar-refractivity contribution in [1.82, 2.24) is 9.55 Å². The number of H-pyrrole nitrogens is 1. The maximum absolute atomic E-state index is 15.2. The van der Waals surface area contributed by atoms with Gasteiger partial charge in [0.05, 0.1) is 24.5 Å². The number of azide groups is 1. The average Bonchev–Trinajstić information content (AvgIpc) is 3.11. The van der Waals surface area contributed by atoms with E-state index in [1.165, 1.54) is 13.8 Å². The summed E-state index contributed by atoms with van der Waals surface area (Å²) in [5.41, 5.74) is 3.76. The Hall–Kier alpha value is -3.11. The molecule has 0 saturated carbocycles. The summed E-state index contributed by atoms with van der Waals surface area (Å²) in [5.74, 6) is -2.04. The summed E-state index contributed by atoms with van der Waals surface area (Å²) in [6.07, 6.45) is -5.38. The molecular weight excluding hydrogens is 564 g/mol. The SMILES string of the molecule is CC(C)C(=O)OCOP(=O)(OCOC(=O)C(C)(C)C)OC[C@@]1(CN=[N+]=[N-])O[C@@H](n2ccc(=O)[nH]c2=O)[C@H](F)[C@@H]1O. The number of aromatic amines is 1. The molecular formula is C21H31FN5O12P. The monoisotopic (exact) mass is 595 g/mol. The zero-order valence-corrected chi connectivity index (χ0v) is 23.2. The second kappa shape index (κ2) is 13.5. The lowest BCUT2D eigenvalue weighted by atomic mass is 9.97. The third-order valence-corrected chi connectivity index (χ3v) is 6.65. The number of carbonyl (C=O) groups excluding carboxylic acids is 2. The van der Waals surface area contributed by atoms with Crippen molar-refractivity contribution in [2.75, 3.05) is 26.7 Å². The number of ether oxygens (including phenoxy) is 3. The summed E-state index contributed by atoms with van der Waals surface area (Å²) in [4.78, 5) is 51.8. The molecule has 2 N–H and O–H groups in total. The van der Waals surface area contributed by atoms with Gasteiger partial charge in [0.25, 0.3) is 5.56 Å². The van der Waals surface area contributed by atoms with Gasteiger partial charge in [-0.1, -0.05) is 19.0 Å². The highest BCUT2D eigenvalue weighted by Gasteiger charge is 2.57. The molecule has 0 bridgehead atoms. The molecule has 0 aliphatic carbocycles. The van der Waals surface area contributed by atoms with Crippen molar-refractivity contribution in [1.29, 1.82) is 0 Å². The third kappa shape index (κ3) is 8.44. The van der Waals surface area contributed by atoms with Crippen LogP contribution in [-0.2, 0) is 41.9 Å². The third-order valence-electron chi connectivity index (χ3n) is 5.36. The number of aliphatic hydroxyl groups excluding tert-OH is 1. The van der Waals surface area contributed by atoms with E-state index in [-0.39, 0.29) is 0 Å². The maximum Gasteiger partial charge on any atom is 0.480 e. The fourth-order valence-electron chi connectivity index (χ4n) is 3.08. The summed E-state index contributed by atoms with van der Waals surface area (Å²) in [6, 6.07) is 0.904. The molecule has 1 saturated heterocycles. The zero-order chi connectivity index (χ0) is 30.3. The Morgan fingerprint density at radius 1 is 1.27 bits per heavy atom. The molecule has 0 radical (unpaired) electrons. The number of aliphatic hydroxyl groups is 1. The summed E-state index contributed by atoms with van der Waals surface area (Å²) in [7, 11) is -4.81. The number of halogens is 1. The van der Waals surface area contributed by atoms with Crippen LogP contribution >= 0.6 is 7.82 Å². The molecule has 0 spiro atoms. The van der Waals surface area contributed by atoms with Crippen LogP contribution in [0.3, 0.4) is 0 Å². The highest BCUT2D eigenvalue weighted by atomic mass is 31.2. The lowest BCUT2D eigenvalue weighted by molar-refractivity contribution is -0.163. The van der Waals surface area contributed by atoms with Gasteiger partial charge >= 0.3 is 25.5 Å². The number of phosphoric acid groups is 1. The van der Waals surface area contributed by atoms with Crippen LogP contribution in [0.5, 0.6) is 0 Å². The van der Waals surface area contributed by atoms with Gasteiger partial charge in [-0.3, -0.25) is 28.5 Å². The van der Waals surface area contributed by atoms with Gasteiger partial charge in [-0.05, 0) is 26.3 Å². The van der Waals surface area contributed by atoms with Gasteiger partial charge in [-0.15, -0.1) is 0 Å². The quantitative estimate of drug-likeness (QED) is 0.0828. The highest BCUT2D eigenvalue weighted by molar-refractivity contribution is 7.48. The van der Waals surface area contributed by atoms with Gasteiger partial charge in [0.2, 0.25) is 13.6 Å². The Kier molecular flexibility index (Phi) is 11.2. The molecule has 2 rings (SSSR count). The molecule has 0 amide bonds. The van der Waals surface area contributed by atoms with E-state index in [0.29, 0.717) is 4.57 Å². The molecule has 1 unspecified atom stereocenters. The van der Waals surface area contributed by atoms with Crippen molar-refractivity contribution in [2.45, 2.75) is 58.7 Å². The van der Waals surface area contributed by atoms with Crippen LogP contribution < -0.4 is 11.2 Å². The highest BCUT2D eigenvalue weighted by Crippen LogP contribution is 2.51. The predicted molar refractivity (Wildman–Crippen MR) is 131 cm³/mol. The second-order valence-corrected chi connectivity index (χ2v) is 11.6. The second-order valence-electron chi connectivity index (χ2n) is 9.88. The molecule has 1 aliphatic rings. The molecule has 40 heavy (non-hydrogen) atoms. The number of phosphoric ester groups is 1. The molecule has 1 fully saturated rings. The van der Waals surface area contributed by atoms with Crippen LogP contribution in [0.1, 0.15) is 40.8 Å². The number of hydrogen-bond donors (Lipinski definition) is 2. The number of hydrogen-bond acceptors (Lipinski definition) is 13. The number of alkyl halides is 1. The molecule has 1 aliphatic heterocycles. The van der Waals surface area contributed by atoms with Crippen LogP contribution in [0.4, 0.5) is 4.39 Å². The smallest absolute Gasteiger partial charge is 0.438 e. The largest absolute Gasteiger partial charge is 0.480 e. The summed E-state index contributed by atoms with van der Waals surface area (Å²) in [6.45, 7) is 3.99. The van der Waals surface area contributed by atoms with Gasteiger partial charge in [-0.25, -0.2) is 22.8 Å². The van der Waals surface area contributed by atoms with Crippen LogP contribution in [0.25, 0.3) is 10.4 Å². The van der Waals surface area contributed by atoms with E-state index in [1.54, 1.807) is 20.8 Å². The topological polar surface area (TPSA) is 230 Å². The average molecular weight is 595 g/mol. The van der Waals surface area contributed by atoms with Crippen molar-refractivity contribution in [3.63, 3.8) is 0 Å². The van der Waals surface area contributed by atoms with Crippen LogP contribution in [0.2, 0.25) is 0 Å². The number of esters is 2. The Morgan fingerprint density at radius 2 is 1.90 bits per heavy atom. The van der Waals surface area contributed by atoms with Crippen molar-refractivity contribution in [3.8, 4) is 0 Å². The fraction of sp³-hybridized carbons (Fsp3) is 0.714. The van der Waals surface area contributed by atoms with E-state index in [9.17, 15) is 28.8 Å². The zero-order valence-electron chi connectivity index (χ0n) is 22.3. The molecule has 19 heteroatoms. The first-order valence-electron chi connectivity index (χ1n) is 11.7. The normalized spacial score (nSPS) is 24.2. The first kappa shape index (κ1) is 33.1. The molecule has 2 heterocycles. The van der Waals surface area contributed by atoms with Crippen molar-refractivity contribution >= 4 is 19.8 Å². The van der Waals surface area contributed by atoms with Gasteiger partial charge < -0.3 is 19.3 Å². The Bertz CT molecular complexity index is 1270. The predicted octanol–water partition coefficient (Wildman–Crippen LogP) is 1.67. The lowest BCUT2D eigenvalue weighted by Crippen LogP contribution is -2.48. The Balaban J connectivity index is 2.30. The molecule has 17 nitrogen and oxygen atoms in total. The first-order valence-corrected chi connectivity index (χ1v) is 13.2. The molecule has 224 valence electrons. The number of nitrogens with zero attached hydrogens (tertiary/aromatic N) is 4. The van der Waals surface area contributed by atoms with Gasteiger partial charge in [0, 0.05) is 17.2 Å². The van der Waals surface area contributed by atoms with Gasteiger partial charge in [0.1, 0.15) is 11.7 Å². The molecule has 5 atom stereocenters. The van der Waals surface area contributed by atoms with E-state index in [4.69, 9.17) is 33.3 Å². The summed E-state index contributed by atoms with van der Waals surface area (Å²) >= 11 is 0. The number of aromatic nitrogens is 2. The fourth-order valence-corrected chi connectivity index (χ4v) is 4.05. The van der Waals surface area contributed by atoms with Crippen LogP contribution in [0.15, 0.2) is 27.0 Å². The van der Waals surface area contributed by atoms with Crippen molar-refractivity contribution in [3.05, 3.63) is 43.5 Å². The maximum atomic E-state index is 15.2. The minimum atomic E-state index is -4.81. The Labute approximate surface area is 226 Å². The van der Waals surface area contributed by atoms with Gasteiger partial charge in [-0.2, -0.15) is 0 Å². The van der Waals surface area contributed by atoms with Crippen LogP contribution in [-0.4, -0.2) is 71.2 Å². The minimum Gasteiger partial charge on any atom is -0.438 e. The van der Waals surface area contributed by atoms with Crippen LogP contribution in [0, 0.1) is 11.3 Å². The van der Waals surface area contributed by atoms with E-state index >= 15 is 4.39 Å². The molecule has 1 aromatic heterocycles. The summed E-state index contributed by atoms with van der Waals surface area (Å²) in [5, 5.41) is 14.0. The van der Waals surface area contributed by atoms with Crippen molar-refractivity contribution < 1.29 is 51.4 Å². The number of rotatable bonds is 13. The molecule has 1 aromatic rings. The first-order chi connectivity index (χ1) is 18.5. The van der Waals surface area contributed by atoms with Crippen molar-refractivity contribution in [2.24, 2.45) is 16.4 Å². The summed E-state index contributed by atoms with van der Waals surface area (Å²) < 4.78 is 59.6. The van der Waals surface area contributed by atoms with Gasteiger partial charge in [0.15, 0.2) is 12.4 Å². The van der Waals surface area contributed by atoms with E-state index in [2.05, 4.69) is 10.0 Å².